The maximum absolute atomic E-state index is 12.3. The van der Waals surface area contributed by atoms with Gasteiger partial charge in [-0.25, -0.2) is 4.79 Å². The Labute approximate surface area is 200 Å². The van der Waals surface area contributed by atoms with Crippen molar-refractivity contribution in [2.75, 3.05) is 18.1 Å². The molecule has 2 heterocycles. The van der Waals surface area contributed by atoms with Gasteiger partial charge in [0.15, 0.2) is 6.10 Å². The lowest BCUT2D eigenvalue weighted by Gasteiger charge is -2.28. The normalized spacial score (nSPS) is 17.2. The van der Waals surface area contributed by atoms with Crippen molar-refractivity contribution < 1.29 is 29.1 Å². The number of amides is 1. The molecule has 34 heavy (non-hydrogen) atoms. The number of carbonyl (C=O) groups excluding carboxylic acids is 2. The molecular formula is C22H25ClN4O7. The monoisotopic (exact) mass is 492 g/mol. The lowest BCUT2D eigenvalue weighted by atomic mass is 9.90. The van der Waals surface area contributed by atoms with E-state index in [1.54, 1.807) is 24.3 Å². The Morgan fingerprint density at radius 3 is 2.76 bits per heavy atom. The highest BCUT2D eigenvalue weighted by molar-refractivity contribution is 6.28. The number of imidazole rings is 1. The number of hydrogen-bond acceptors (Lipinski definition) is 8. The van der Waals surface area contributed by atoms with E-state index in [1.807, 2.05) is 6.92 Å². The first-order valence-corrected chi connectivity index (χ1v) is 11.0. The van der Waals surface area contributed by atoms with Gasteiger partial charge in [0.05, 0.1) is 13.1 Å². The van der Waals surface area contributed by atoms with Gasteiger partial charge >= 0.3 is 23.2 Å². The molecule has 1 aliphatic heterocycles. The number of benzene rings is 1. The molecule has 182 valence electrons. The summed E-state index contributed by atoms with van der Waals surface area (Å²) in [6.07, 6.45) is 2.63. The van der Waals surface area contributed by atoms with Crippen LogP contribution < -0.4 is 4.90 Å². The summed E-state index contributed by atoms with van der Waals surface area (Å²) >= 11 is 6.01. The number of aliphatic hydroxyl groups is 1. The van der Waals surface area contributed by atoms with Crippen molar-refractivity contribution in [1.82, 2.24) is 9.55 Å². The maximum atomic E-state index is 12.3. The number of halogens is 1. The van der Waals surface area contributed by atoms with Crippen LogP contribution in [0.25, 0.3) is 0 Å². The molecule has 2 aromatic rings. The minimum atomic E-state index is -1.49. The van der Waals surface area contributed by atoms with E-state index in [-0.39, 0.29) is 37.4 Å². The largest absolute Gasteiger partial charge is 0.462 e. The van der Waals surface area contributed by atoms with E-state index >= 15 is 0 Å². The summed E-state index contributed by atoms with van der Waals surface area (Å²) in [6, 6.07) is 6.57. The van der Waals surface area contributed by atoms with Crippen LogP contribution in [0, 0.1) is 10.1 Å². The van der Waals surface area contributed by atoms with Gasteiger partial charge in [0, 0.05) is 12.1 Å². The van der Waals surface area contributed by atoms with Gasteiger partial charge in [-0.2, -0.15) is 0 Å². The molecule has 1 saturated heterocycles. The van der Waals surface area contributed by atoms with Crippen LogP contribution in [0.4, 0.5) is 16.3 Å². The molecule has 12 heteroatoms. The fourth-order valence-corrected chi connectivity index (χ4v) is 3.80. The molecular weight excluding hydrogens is 468 g/mol. The molecule has 1 aliphatic rings. The number of nitro groups is 1. The Hall–Kier alpha value is -3.44. The average Bonchev–Trinajstić information content (AvgIpc) is 3.35. The van der Waals surface area contributed by atoms with Gasteiger partial charge in [-0.05, 0) is 52.0 Å². The van der Waals surface area contributed by atoms with E-state index in [1.165, 1.54) is 15.5 Å². The van der Waals surface area contributed by atoms with E-state index < -0.39 is 28.5 Å². The molecule has 1 fully saturated rings. The summed E-state index contributed by atoms with van der Waals surface area (Å²) in [4.78, 5) is 39.2. The quantitative estimate of drug-likeness (QED) is 0.217. The molecule has 0 bridgehead atoms. The number of cyclic esters (lactones) is 1. The van der Waals surface area contributed by atoms with Gasteiger partial charge in [-0.3, -0.25) is 14.3 Å². The Balaban J connectivity index is 1.73. The van der Waals surface area contributed by atoms with Crippen LogP contribution >= 0.6 is 11.6 Å². The third kappa shape index (κ3) is 5.72. The highest BCUT2D eigenvalue weighted by atomic mass is 35.5. The van der Waals surface area contributed by atoms with Gasteiger partial charge in [-0.15, -0.1) is 6.58 Å². The molecule has 3 rings (SSSR count). The van der Waals surface area contributed by atoms with E-state index in [2.05, 4.69) is 11.6 Å². The first-order chi connectivity index (χ1) is 16.2. The number of esters is 1. The standard InChI is InChI=1S/C22H25ClN4O7/c1-3-5-19(28)33-13-17-11-26(21(29)34-17)16-8-6-15(7-9-16)22(30,10-4-2)14-25-12-18(27(31)32)24-20(25)23/h4,6-9,12,17,30H,2-3,5,10-11,13-14H2,1H3/t17-,22?/m1/s1. The summed E-state index contributed by atoms with van der Waals surface area (Å²) < 4.78 is 11.7. The predicted molar refractivity (Wildman–Crippen MR) is 123 cm³/mol. The minimum absolute atomic E-state index is 0.0178. The first-order valence-electron chi connectivity index (χ1n) is 10.6. The minimum Gasteiger partial charge on any atom is -0.462 e. The van der Waals surface area contributed by atoms with Crippen LogP contribution in [0.1, 0.15) is 31.7 Å². The Bertz CT molecular complexity index is 1070. The van der Waals surface area contributed by atoms with Crippen LogP contribution in [-0.2, 0) is 26.4 Å². The Morgan fingerprint density at radius 1 is 1.47 bits per heavy atom. The first kappa shape index (κ1) is 25.2. The third-order valence-electron chi connectivity index (χ3n) is 5.29. The SMILES string of the molecule is C=CCC(O)(Cn1cc([N+](=O)[O-])nc1Cl)c1ccc(N2C[C@H](COC(=O)CCC)OC2=O)cc1. The Kier molecular flexibility index (Phi) is 7.90. The third-order valence-corrected chi connectivity index (χ3v) is 5.59. The molecule has 0 spiro atoms. The van der Waals surface area contributed by atoms with Gasteiger partial charge in [0.2, 0.25) is 0 Å². The zero-order chi connectivity index (χ0) is 24.9. The van der Waals surface area contributed by atoms with Crippen molar-refractivity contribution >= 4 is 35.2 Å². The fraction of sp³-hybridized carbons (Fsp3) is 0.409. The maximum Gasteiger partial charge on any atom is 0.414 e. The molecule has 11 nitrogen and oxygen atoms in total. The molecule has 1 aromatic heterocycles. The van der Waals surface area contributed by atoms with Gasteiger partial charge < -0.3 is 24.7 Å². The van der Waals surface area contributed by atoms with Gasteiger partial charge in [-0.1, -0.05) is 25.1 Å². The summed E-state index contributed by atoms with van der Waals surface area (Å²) in [5.41, 5.74) is -0.463. The van der Waals surface area contributed by atoms with Crippen molar-refractivity contribution in [2.24, 2.45) is 0 Å². The molecule has 1 amide bonds. The van der Waals surface area contributed by atoms with Crippen LogP contribution in [0.3, 0.4) is 0 Å². The highest BCUT2D eigenvalue weighted by Crippen LogP contribution is 2.32. The number of aromatic nitrogens is 2. The van der Waals surface area contributed by atoms with Crippen molar-refractivity contribution in [3.8, 4) is 0 Å². The molecule has 0 radical (unpaired) electrons. The number of nitrogens with zero attached hydrogens (tertiary/aromatic N) is 4. The average molecular weight is 493 g/mol. The summed E-state index contributed by atoms with van der Waals surface area (Å²) in [5, 5.41) is 22.2. The molecule has 0 saturated carbocycles. The number of hydrogen-bond donors (Lipinski definition) is 1. The second kappa shape index (κ2) is 10.7. The highest BCUT2D eigenvalue weighted by Gasteiger charge is 2.35. The van der Waals surface area contributed by atoms with Gasteiger partial charge in [0.25, 0.3) is 0 Å². The smallest absolute Gasteiger partial charge is 0.414 e. The van der Waals surface area contributed by atoms with Crippen molar-refractivity contribution in [3.05, 3.63) is 64.1 Å². The summed E-state index contributed by atoms with van der Waals surface area (Å²) in [5.74, 6) is -0.769. The second-order valence-electron chi connectivity index (χ2n) is 7.87. The molecule has 1 unspecified atom stereocenters. The van der Waals surface area contributed by atoms with Crippen LogP contribution in [0.2, 0.25) is 5.28 Å². The number of anilines is 1. The Morgan fingerprint density at radius 2 is 2.18 bits per heavy atom. The summed E-state index contributed by atoms with van der Waals surface area (Å²) in [6.45, 7) is 5.64. The lowest BCUT2D eigenvalue weighted by Crippen LogP contribution is -2.31. The zero-order valence-corrected chi connectivity index (χ0v) is 19.3. The van der Waals surface area contributed by atoms with Crippen LogP contribution in [0.15, 0.2) is 43.1 Å². The fourth-order valence-electron chi connectivity index (χ4n) is 3.61. The van der Waals surface area contributed by atoms with Crippen LogP contribution in [-0.4, -0.2) is 50.9 Å². The number of ether oxygens (including phenoxy) is 2. The zero-order valence-electron chi connectivity index (χ0n) is 18.6. The van der Waals surface area contributed by atoms with E-state index in [9.17, 15) is 24.8 Å². The molecule has 1 N–H and O–H groups in total. The predicted octanol–water partition coefficient (Wildman–Crippen LogP) is 3.58. The van der Waals surface area contributed by atoms with E-state index in [0.29, 0.717) is 24.1 Å². The van der Waals surface area contributed by atoms with Crippen molar-refractivity contribution in [3.63, 3.8) is 0 Å². The van der Waals surface area contributed by atoms with Gasteiger partial charge in [0.1, 0.15) is 18.4 Å². The topological polar surface area (TPSA) is 137 Å². The lowest BCUT2D eigenvalue weighted by molar-refractivity contribution is -0.389. The van der Waals surface area contributed by atoms with E-state index in [4.69, 9.17) is 21.1 Å². The number of carbonyl (C=O) groups is 2. The van der Waals surface area contributed by atoms with Crippen molar-refractivity contribution in [1.29, 1.82) is 0 Å². The molecule has 0 aliphatic carbocycles. The number of rotatable bonds is 11. The molecule has 1 aromatic carbocycles. The summed E-state index contributed by atoms with van der Waals surface area (Å²) in [7, 11) is 0. The van der Waals surface area contributed by atoms with Crippen molar-refractivity contribution in [2.45, 2.75) is 44.4 Å². The second-order valence-corrected chi connectivity index (χ2v) is 8.21. The van der Waals surface area contributed by atoms with Crippen LogP contribution in [0.5, 0.6) is 0 Å². The molecule has 2 atom stereocenters. The van der Waals surface area contributed by atoms with E-state index in [0.717, 1.165) is 6.20 Å².